The fourth-order valence-corrected chi connectivity index (χ4v) is 5.01. The van der Waals surface area contributed by atoms with Gasteiger partial charge in [-0.1, -0.05) is 6.42 Å². The summed E-state index contributed by atoms with van der Waals surface area (Å²) in [4.78, 5) is 42.2. The number of rotatable bonds is 16. The van der Waals surface area contributed by atoms with Gasteiger partial charge in [0.15, 0.2) is 6.29 Å². The van der Waals surface area contributed by atoms with E-state index in [1.807, 2.05) is 0 Å². The number of carbonyl (C=O) groups excluding carboxylic acids is 3. The van der Waals surface area contributed by atoms with E-state index in [4.69, 9.17) is 19.0 Å². The van der Waals surface area contributed by atoms with Crippen molar-refractivity contribution >= 4 is 17.8 Å². The van der Waals surface area contributed by atoms with Gasteiger partial charge in [0, 0.05) is 38.8 Å². The van der Waals surface area contributed by atoms with Crippen molar-refractivity contribution in [1.29, 1.82) is 0 Å². The van der Waals surface area contributed by atoms with Gasteiger partial charge in [0.1, 0.15) is 6.10 Å². The van der Waals surface area contributed by atoms with Gasteiger partial charge in [-0.3, -0.25) is 9.59 Å². The maximum Gasteiger partial charge on any atom is 0.333 e. The molecule has 6 unspecified atom stereocenters. The molecule has 0 saturated carbocycles. The van der Waals surface area contributed by atoms with E-state index in [0.717, 1.165) is 45.1 Å². The lowest BCUT2D eigenvalue weighted by Gasteiger charge is -2.36. The number of ether oxygens (including phenoxy) is 3. The van der Waals surface area contributed by atoms with Gasteiger partial charge in [-0.15, -0.1) is 5.06 Å². The second-order valence-electron chi connectivity index (χ2n) is 10.4. The fraction of sp³-hybridized carbons (Fsp3) is 0.885. The molecule has 13 heteroatoms. The summed E-state index contributed by atoms with van der Waals surface area (Å²) in [6, 6.07) is 0. The van der Waals surface area contributed by atoms with Crippen molar-refractivity contribution in [2.24, 2.45) is 0 Å². The van der Waals surface area contributed by atoms with Crippen LogP contribution in [0.5, 0.6) is 0 Å². The van der Waals surface area contributed by atoms with Gasteiger partial charge < -0.3 is 44.4 Å². The first-order chi connectivity index (χ1) is 18.8. The van der Waals surface area contributed by atoms with E-state index in [-0.39, 0.29) is 45.0 Å². The van der Waals surface area contributed by atoms with E-state index >= 15 is 0 Å². The first kappa shape index (κ1) is 31.8. The number of aliphatic hydroxyl groups excluding tert-OH is 4. The molecule has 3 saturated heterocycles. The predicted molar refractivity (Wildman–Crippen MR) is 135 cm³/mol. The predicted octanol–water partition coefficient (Wildman–Crippen LogP) is -0.378. The zero-order chi connectivity index (χ0) is 28.2. The van der Waals surface area contributed by atoms with Crippen LogP contribution in [0.3, 0.4) is 0 Å². The van der Waals surface area contributed by atoms with Gasteiger partial charge in [0.2, 0.25) is 0 Å². The van der Waals surface area contributed by atoms with E-state index in [1.54, 1.807) is 0 Å². The molecule has 13 nitrogen and oxygen atoms in total. The van der Waals surface area contributed by atoms with Crippen LogP contribution < -0.4 is 0 Å². The van der Waals surface area contributed by atoms with Crippen LogP contribution in [0.2, 0.25) is 0 Å². The number of aliphatic hydroxyl groups is 4. The third-order valence-electron chi connectivity index (χ3n) is 7.32. The van der Waals surface area contributed by atoms with Crippen LogP contribution in [-0.4, -0.2) is 124 Å². The van der Waals surface area contributed by atoms with Gasteiger partial charge in [-0.05, 0) is 51.6 Å². The Labute approximate surface area is 228 Å². The number of carbonyl (C=O) groups is 3. The second kappa shape index (κ2) is 16.5. The van der Waals surface area contributed by atoms with Crippen LogP contribution in [-0.2, 0) is 33.4 Å². The molecule has 0 spiro atoms. The van der Waals surface area contributed by atoms with Gasteiger partial charge >= 0.3 is 5.97 Å². The third-order valence-corrected chi connectivity index (χ3v) is 7.32. The van der Waals surface area contributed by atoms with Crippen molar-refractivity contribution in [3.63, 3.8) is 0 Å². The van der Waals surface area contributed by atoms with E-state index in [2.05, 4.69) is 4.90 Å². The number of hydrogen-bond acceptors (Lipinski definition) is 12. The molecule has 3 heterocycles. The minimum atomic E-state index is -1.20. The molecule has 0 aromatic rings. The molecule has 0 bridgehead atoms. The average Bonchev–Trinajstić information content (AvgIpc) is 3.23. The van der Waals surface area contributed by atoms with Gasteiger partial charge in [-0.2, -0.15) is 0 Å². The first-order valence-electron chi connectivity index (χ1n) is 14.1. The van der Waals surface area contributed by atoms with Crippen molar-refractivity contribution in [3.05, 3.63) is 0 Å². The second-order valence-corrected chi connectivity index (χ2v) is 10.4. The highest BCUT2D eigenvalue weighted by atomic mass is 16.7. The summed E-state index contributed by atoms with van der Waals surface area (Å²) in [5.41, 5.74) is 0. The Kier molecular flexibility index (Phi) is 13.5. The van der Waals surface area contributed by atoms with Crippen molar-refractivity contribution in [1.82, 2.24) is 9.96 Å². The number of hydrogen-bond donors (Lipinski definition) is 4. The lowest BCUT2D eigenvalue weighted by atomic mass is 10.0. The van der Waals surface area contributed by atoms with E-state index in [0.29, 0.717) is 31.2 Å². The SMILES string of the molecule is O=C(CCCCCN(CCCC1OCCCC1O)CCOC1OC(CO)CC(O)C1O)ON1C(=O)CCC1=O. The van der Waals surface area contributed by atoms with Crippen LogP contribution in [0.1, 0.15) is 70.6 Å². The lowest BCUT2D eigenvalue weighted by molar-refractivity contribution is -0.271. The zero-order valence-electron chi connectivity index (χ0n) is 22.5. The summed E-state index contributed by atoms with van der Waals surface area (Å²) in [6.07, 6.45) is 1.09. The highest BCUT2D eigenvalue weighted by Gasteiger charge is 2.37. The van der Waals surface area contributed by atoms with E-state index < -0.39 is 48.5 Å². The molecule has 39 heavy (non-hydrogen) atoms. The largest absolute Gasteiger partial charge is 0.394 e. The van der Waals surface area contributed by atoms with Gasteiger partial charge in [0.05, 0.1) is 37.6 Å². The molecule has 4 N–H and O–H groups in total. The molecular weight excluding hydrogens is 516 g/mol. The van der Waals surface area contributed by atoms with Crippen molar-refractivity contribution in [3.8, 4) is 0 Å². The molecular formula is C26H44N2O11. The van der Waals surface area contributed by atoms with Crippen LogP contribution in [0.25, 0.3) is 0 Å². The van der Waals surface area contributed by atoms with Crippen LogP contribution >= 0.6 is 0 Å². The molecule has 3 fully saturated rings. The van der Waals surface area contributed by atoms with Crippen LogP contribution in [0, 0.1) is 0 Å². The molecule has 3 rings (SSSR count). The molecule has 0 radical (unpaired) electrons. The fourth-order valence-electron chi connectivity index (χ4n) is 5.01. The molecule has 6 atom stereocenters. The minimum absolute atomic E-state index is 0.0614. The number of amides is 2. The summed E-state index contributed by atoms with van der Waals surface area (Å²) in [7, 11) is 0. The Morgan fingerprint density at radius 1 is 1.00 bits per heavy atom. The summed E-state index contributed by atoms with van der Waals surface area (Å²) in [6.45, 7) is 2.59. The standard InChI is InChI=1S/C26H44N2O11/c29-17-18-16-20(31)25(35)26(38-18)37-15-13-27(12-4-7-21-19(30)6-5-14-36-21)11-3-1-2-8-24(34)39-28-22(32)9-10-23(28)33/h18-21,25-26,29-31,35H,1-17H2. The van der Waals surface area contributed by atoms with Crippen molar-refractivity contribution in [2.75, 3.05) is 39.5 Å². The van der Waals surface area contributed by atoms with Crippen LogP contribution in [0.15, 0.2) is 0 Å². The summed E-state index contributed by atoms with van der Waals surface area (Å²) < 4.78 is 16.9. The average molecular weight is 561 g/mol. The molecule has 224 valence electrons. The molecule has 3 aliphatic heterocycles. The van der Waals surface area contributed by atoms with Crippen LogP contribution in [0.4, 0.5) is 0 Å². The highest BCUT2D eigenvalue weighted by molar-refractivity contribution is 6.01. The Balaban J connectivity index is 1.39. The molecule has 3 aliphatic rings. The quantitative estimate of drug-likeness (QED) is 0.142. The molecule has 0 aromatic heterocycles. The third kappa shape index (κ3) is 10.3. The Morgan fingerprint density at radius 2 is 1.74 bits per heavy atom. The number of hydroxylamine groups is 2. The number of nitrogens with zero attached hydrogens (tertiary/aromatic N) is 2. The molecule has 2 amide bonds. The first-order valence-corrected chi connectivity index (χ1v) is 14.1. The maximum absolute atomic E-state index is 12.0. The minimum Gasteiger partial charge on any atom is -0.394 e. The Hall–Kier alpha value is -1.71. The monoisotopic (exact) mass is 560 g/mol. The van der Waals surface area contributed by atoms with E-state index in [1.165, 1.54) is 0 Å². The normalized spacial score (nSPS) is 29.8. The summed E-state index contributed by atoms with van der Waals surface area (Å²) in [5, 5.41) is 40.2. The molecule has 0 aliphatic carbocycles. The van der Waals surface area contributed by atoms with Crippen molar-refractivity contribution in [2.45, 2.75) is 107 Å². The molecule has 0 aromatic carbocycles. The van der Waals surface area contributed by atoms with E-state index in [9.17, 15) is 34.8 Å². The lowest BCUT2D eigenvalue weighted by Crippen LogP contribution is -2.50. The van der Waals surface area contributed by atoms with Gasteiger partial charge in [-0.25, -0.2) is 4.79 Å². The summed E-state index contributed by atoms with van der Waals surface area (Å²) in [5.74, 6) is -1.60. The maximum atomic E-state index is 12.0. The highest BCUT2D eigenvalue weighted by Crippen LogP contribution is 2.22. The zero-order valence-corrected chi connectivity index (χ0v) is 22.5. The number of imide groups is 1. The van der Waals surface area contributed by atoms with Gasteiger partial charge in [0.25, 0.3) is 11.8 Å². The smallest absolute Gasteiger partial charge is 0.333 e. The van der Waals surface area contributed by atoms with Crippen molar-refractivity contribution < 1.29 is 53.9 Å². The Bertz CT molecular complexity index is 769. The summed E-state index contributed by atoms with van der Waals surface area (Å²) >= 11 is 0. The topological polar surface area (TPSA) is 176 Å². The Morgan fingerprint density at radius 3 is 2.46 bits per heavy atom. The number of unbranched alkanes of at least 4 members (excludes halogenated alkanes) is 2.